The second kappa shape index (κ2) is 7.22. The Labute approximate surface area is 156 Å². The van der Waals surface area contributed by atoms with Gasteiger partial charge < -0.3 is 10.2 Å². The minimum Gasteiger partial charge on any atom is -0.379 e. The fourth-order valence-corrected chi connectivity index (χ4v) is 3.51. The molecule has 0 radical (unpaired) electrons. The van der Waals surface area contributed by atoms with Crippen molar-refractivity contribution in [2.45, 2.75) is 26.3 Å². The van der Waals surface area contributed by atoms with E-state index < -0.39 is 0 Å². The van der Waals surface area contributed by atoms with Crippen LogP contribution in [0.15, 0.2) is 41.0 Å². The highest BCUT2D eigenvalue weighted by atomic mass is 16.6. The molecular formula is C19H21N5O3. The average molecular weight is 367 g/mol. The molecule has 2 aromatic carbocycles. The predicted octanol–water partition coefficient (Wildman–Crippen LogP) is 3.98. The van der Waals surface area contributed by atoms with Gasteiger partial charge in [-0.05, 0) is 40.7 Å². The molecule has 0 unspecified atom stereocenters. The van der Waals surface area contributed by atoms with Crippen molar-refractivity contribution in [2.75, 3.05) is 23.3 Å². The summed E-state index contributed by atoms with van der Waals surface area (Å²) in [5.74, 6) is 0.633. The Morgan fingerprint density at radius 2 is 1.93 bits per heavy atom. The van der Waals surface area contributed by atoms with Crippen LogP contribution in [-0.4, -0.2) is 28.3 Å². The molecule has 0 atom stereocenters. The molecule has 1 aliphatic rings. The summed E-state index contributed by atoms with van der Waals surface area (Å²) in [5, 5.41) is 22.8. The van der Waals surface area contributed by atoms with Gasteiger partial charge in [0.1, 0.15) is 5.69 Å². The maximum Gasteiger partial charge on any atom is 0.323 e. The van der Waals surface area contributed by atoms with E-state index in [0.717, 1.165) is 31.5 Å². The number of nitro benzene ring substituents is 1. The number of hydrogen-bond donors (Lipinski definition) is 1. The molecule has 3 aromatic rings. The Hall–Kier alpha value is -3.16. The van der Waals surface area contributed by atoms with E-state index >= 15 is 0 Å². The topological polar surface area (TPSA) is 97.3 Å². The van der Waals surface area contributed by atoms with Crippen LogP contribution in [0.2, 0.25) is 0 Å². The Morgan fingerprint density at radius 1 is 1.22 bits per heavy atom. The van der Waals surface area contributed by atoms with Gasteiger partial charge in [-0.2, -0.15) is 0 Å². The molecule has 0 bridgehead atoms. The van der Waals surface area contributed by atoms with E-state index in [-0.39, 0.29) is 16.1 Å². The van der Waals surface area contributed by atoms with Crippen LogP contribution in [0.5, 0.6) is 0 Å². The summed E-state index contributed by atoms with van der Waals surface area (Å²) in [7, 11) is 0. The number of nitrogens with one attached hydrogen (secondary N) is 1. The van der Waals surface area contributed by atoms with Gasteiger partial charge in [0.2, 0.25) is 5.52 Å². The van der Waals surface area contributed by atoms with Crippen LogP contribution in [0.4, 0.5) is 17.1 Å². The second-order valence-electron chi connectivity index (χ2n) is 7.02. The fraction of sp³-hybridized carbons (Fsp3) is 0.368. The molecule has 0 saturated carbocycles. The molecule has 1 fully saturated rings. The lowest BCUT2D eigenvalue weighted by atomic mass is 9.98. The van der Waals surface area contributed by atoms with Gasteiger partial charge in [0, 0.05) is 19.6 Å². The molecule has 0 aliphatic carbocycles. The zero-order valence-electron chi connectivity index (χ0n) is 15.1. The summed E-state index contributed by atoms with van der Waals surface area (Å²) in [5.41, 5.74) is 2.90. The number of benzene rings is 2. The maximum absolute atomic E-state index is 11.8. The van der Waals surface area contributed by atoms with Crippen molar-refractivity contribution in [2.24, 2.45) is 5.92 Å². The van der Waals surface area contributed by atoms with E-state index in [0.29, 0.717) is 29.4 Å². The second-order valence-corrected chi connectivity index (χ2v) is 7.02. The van der Waals surface area contributed by atoms with Crippen LogP contribution in [0, 0.1) is 16.0 Å². The third kappa shape index (κ3) is 3.42. The van der Waals surface area contributed by atoms with Crippen LogP contribution >= 0.6 is 0 Å². The van der Waals surface area contributed by atoms with E-state index in [4.69, 9.17) is 4.63 Å². The third-order valence-corrected chi connectivity index (χ3v) is 5.12. The molecule has 2 heterocycles. The minimum atomic E-state index is -0.388. The first kappa shape index (κ1) is 17.3. The number of aromatic nitrogens is 2. The fourth-order valence-electron chi connectivity index (χ4n) is 3.51. The SMILES string of the molecule is CC1CCN(c2cc(NCc3ccccc3)c3nonc3c2[N+](=O)[O-])CC1. The number of anilines is 2. The van der Waals surface area contributed by atoms with Gasteiger partial charge in [-0.25, -0.2) is 4.63 Å². The predicted molar refractivity (Wildman–Crippen MR) is 103 cm³/mol. The highest BCUT2D eigenvalue weighted by Gasteiger charge is 2.30. The number of rotatable bonds is 5. The molecule has 1 aromatic heterocycles. The first-order valence-corrected chi connectivity index (χ1v) is 9.10. The number of hydrogen-bond acceptors (Lipinski definition) is 7. The van der Waals surface area contributed by atoms with E-state index in [9.17, 15) is 10.1 Å². The number of nitrogens with zero attached hydrogens (tertiary/aromatic N) is 4. The van der Waals surface area contributed by atoms with Crippen molar-refractivity contribution in [1.29, 1.82) is 0 Å². The van der Waals surface area contributed by atoms with Crippen molar-refractivity contribution >= 4 is 28.1 Å². The number of piperidine rings is 1. The van der Waals surface area contributed by atoms with Gasteiger partial charge in [0.05, 0.1) is 10.6 Å². The lowest BCUT2D eigenvalue weighted by Crippen LogP contribution is -2.33. The summed E-state index contributed by atoms with van der Waals surface area (Å²) in [6.07, 6.45) is 2.03. The lowest BCUT2D eigenvalue weighted by Gasteiger charge is -2.32. The van der Waals surface area contributed by atoms with Crippen LogP contribution in [-0.2, 0) is 6.54 Å². The van der Waals surface area contributed by atoms with Crippen molar-refractivity contribution in [3.8, 4) is 0 Å². The first-order chi connectivity index (χ1) is 13.1. The van der Waals surface area contributed by atoms with Gasteiger partial charge in [-0.15, -0.1) is 0 Å². The quantitative estimate of drug-likeness (QED) is 0.538. The monoisotopic (exact) mass is 367 g/mol. The molecule has 1 N–H and O–H groups in total. The van der Waals surface area contributed by atoms with Crippen molar-refractivity contribution in [1.82, 2.24) is 10.3 Å². The first-order valence-electron chi connectivity index (χ1n) is 9.10. The molecule has 0 spiro atoms. The normalized spacial score (nSPS) is 15.2. The summed E-state index contributed by atoms with van der Waals surface area (Å²) < 4.78 is 4.84. The van der Waals surface area contributed by atoms with E-state index in [1.165, 1.54) is 0 Å². The molecule has 4 rings (SSSR count). The molecule has 27 heavy (non-hydrogen) atoms. The van der Waals surface area contributed by atoms with E-state index in [1.54, 1.807) is 0 Å². The highest BCUT2D eigenvalue weighted by molar-refractivity contribution is 5.99. The zero-order valence-corrected chi connectivity index (χ0v) is 15.1. The van der Waals surface area contributed by atoms with Crippen molar-refractivity contribution < 1.29 is 9.55 Å². The van der Waals surface area contributed by atoms with Gasteiger partial charge in [0.25, 0.3) is 0 Å². The summed E-state index contributed by atoms with van der Waals surface area (Å²) in [6, 6.07) is 11.8. The molecular weight excluding hydrogens is 346 g/mol. The van der Waals surface area contributed by atoms with Gasteiger partial charge >= 0.3 is 5.69 Å². The molecule has 8 heteroatoms. The molecule has 8 nitrogen and oxygen atoms in total. The molecule has 140 valence electrons. The van der Waals surface area contributed by atoms with Gasteiger partial charge in [-0.3, -0.25) is 10.1 Å². The zero-order chi connectivity index (χ0) is 18.8. The van der Waals surface area contributed by atoms with E-state index in [2.05, 4.69) is 27.5 Å². The summed E-state index contributed by atoms with van der Waals surface area (Å²) in [4.78, 5) is 13.5. The van der Waals surface area contributed by atoms with Crippen molar-refractivity contribution in [3.63, 3.8) is 0 Å². The molecule has 0 amide bonds. The standard InChI is InChI=1S/C19H21N5O3/c1-13-7-9-23(10-8-13)16-11-15(20-12-14-5-3-2-4-6-14)17-18(22-27-21-17)19(16)24(25)26/h2-6,11,13,20H,7-10,12H2,1H3. The Morgan fingerprint density at radius 3 is 2.63 bits per heavy atom. The smallest absolute Gasteiger partial charge is 0.323 e. The van der Waals surface area contributed by atoms with Crippen LogP contribution in [0.25, 0.3) is 11.0 Å². The maximum atomic E-state index is 11.8. The van der Waals surface area contributed by atoms with Gasteiger partial charge in [0.15, 0.2) is 5.52 Å². The summed E-state index contributed by atoms with van der Waals surface area (Å²) >= 11 is 0. The van der Waals surface area contributed by atoms with Crippen LogP contribution < -0.4 is 10.2 Å². The Bertz CT molecular complexity index is 949. The Balaban J connectivity index is 1.74. The molecule has 1 saturated heterocycles. The number of nitro groups is 1. The van der Waals surface area contributed by atoms with Crippen LogP contribution in [0.1, 0.15) is 25.3 Å². The third-order valence-electron chi connectivity index (χ3n) is 5.12. The highest BCUT2D eigenvalue weighted by Crippen LogP contribution is 2.40. The lowest BCUT2D eigenvalue weighted by molar-refractivity contribution is -0.382. The number of fused-ring (bicyclic) bond motifs is 1. The van der Waals surface area contributed by atoms with Crippen LogP contribution in [0.3, 0.4) is 0 Å². The molecule has 1 aliphatic heterocycles. The van der Waals surface area contributed by atoms with Gasteiger partial charge in [-0.1, -0.05) is 37.3 Å². The average Bonchev–Trinajstić information content (AvgIpc) is 3.16. The summed E-state index contributed by atoms with van der Waals surface area (Å²) in [6.45, 7) is 4.37. The minimum absolute atomic E-state index is 0.0361. The van der Waals surface area contributed by atoms with Crippen molar-refractivity contribution in [3.05, 3.63) is 52.1 Å². The Kier molecular flexibility index (Phi) is 4.62. The largest absolute Gasteiger partial charge is 0.379 e. The van der Waals surface area contributed by atoms with E-state index in [1.807, 2.05) is 36.4 Å².